The minimum absolute atomic E-state index is 0.243. The second kappa shape index (κ2) is 2.90. The molecule has 3 aliphatic rings. The summed E-state index contributed by atoms with van der Waals surface area (Å²) >= 11 is 0. The first-order valence-corrected chi connectivity index (χ1v) is 6.62. The van der Waals surface area contributed by atoms with Gasteiger partial charge in [0.2, 0.25) is 0 Å². The first kappa shape index (κ1) is 10.8. The van der Waals surface area contributed by atoms with Gasteiger partial charge in [-0.25, -0.2) is 0 Å². The molecule has 0 aromatic heterocycles. The Labute approximate surface area is 97.4 Å². The Morgan fingerprint density at radius 2 is 2.06 bits per heavy atom. The van der Waals surface area contributed by atoms with E-state index in [-0.39, 0.29) is 16.9 Å². The number of aliphatic hydroxyl groups is 1. The Hall–Kier alpha value is -0.370. The van der Waals surface area contributed by atoms with E-state index in [1.54, 1.807) is 0 Å². The van der Waals surface area contributed by atoms with E-state index in [2.05, 4.69) is 20.8 Å². The standard InChI is InChI=1S/C14H22O2/c1-8-6-12(16)14-9(8)7-13(2,3)10(14)4-5-11(14)15/h8-10,12,16H,4-7H2,1-3H3/t8-,9-,10+,12-,14?/m0/s1. The van der Waals surface area contributed by atoms with Gasteiger partial charge in [-0.15, -0.1) is 0 Å². The van der Waals surface area contributed by atoms with Gasteiger partial charge in [-0.2, -0.15) is 0 Å². The number of carbonyl (C=O) groups excluding carboxylic acids is 1. The molecular formula is C14H22O2. The van der Waals surface area contributed by atoms with Gasteiger partial charge in [0.15, 0.2) is 0 Å². The summed E-state index contributed by atoms with van der Waals surface area (Å²) in [7, 11) is 0. The topological polar surface area (TPSA) is 37.3 Å². The second-order valence-electron chi connectivity index (χ2n) is 6.98. The minimum Gasteiger partial charge on any atom is -0.392 e. The van der Waals surface area contributed by atoms with Crippen LogP contribution in [0.2, 0.25) is 0 Å². The van der Waals surface area contributed by atoms with Crippen LogP contribution in [0.5, 0.6) is 0 Å². The molecular weight excluding hydrogens is 200 g/mol. The first-order chi connectivity index (χ1) is 7.40. The molecule has 1 N–H and O–H groups in total. The minimum atomic E-state index is -0.366. The van der Waals surface area contributed by atoms with Crippen molar-refractivity contribution in [3.05, 3.63) is 0 Å². The van der Waals surface area contributed by atoms with Crippen LogP contribution in [0.1, 0.15) is 46.5 Å². The Bertz CT molecular complexity index is 347. The van der Waals surface area contributed by atoms with Crippen molar-refractivity contribution in [3.63, 3.8) is 0 Å². The third-order valence-electron chi connectivity index (χ3n) is 5.86. The summed E-state index contributed by atoms with van der Waals surface area (Å²) in [5.74, 6) is 1.75. The van der Waals surface area contributed by atoms with Gasteiger partial charge in [-0.1, -0.05) is 20.8 Å². The summed E-state index contributed by atoms with van der Waals surface area (Å²) < 4.78 is 0. The van der Waals surface area contributed by atoms with Gasteiger partial charge in [0.1, 0.15) is 5.78 Å². The van der Waals surface area contributed by atoms with E-state index < -0.39 is 0 Å². The van der Waals surface area contributed by atoms with Crippen LogP contribution in [0.4, 0.5) is 0 Å². The number of hydrogen-bond acceptors (Lipinski definition) is 2. The molecule has 1 unspecified atom stereocenters. The Kier molecular flexibility index (Phi) is 1.95. The molecule has 0 aliphatic heterocycles. The molecule has 3 fully saturated rings. The van der Waals surface area contributed by atoms with E-state index in [9.17, 15) is 9.90 Å². The monoisotopic (exact) mass is 222 g/mol. The average molecular weight is 222 g/mol. The molecule has 0 bridgehead atoms. The van der Waals surface area contributed by atoms with Gasteiger partial charge in [-0.05, 0) is 42.4 Å². The SMILES string of the molecule is C[C@H]1C[C@H](O)C23C(=O)CC[C@@H]2C(C)(C)C[C@@H]13. The van der Waals surface area contributed by atoms with Crippen molar-refractivity contribution in [1.82, 2.24) is 0 Å². The van der Waals surface area contributed by atoms with Crippen LogP contribution in [0.25, 0.3) is 0 Å². The molecule has 2 heteroatoms. The first-order valence-electron chi connectivity index (χ1n) is 6.62. The lowest BCUT2D eigenvalue weighted by atomic mass is 9.69. The smallest absolute Gasteiger partial charge is 0.142 e. The van der Waals surface area contributed by atoms with Gasteiger partial charge >= 0.3 is 0 Å². The van der Waals surface area contributed by atoms with Crippen molar-refractivity contribution in [2.24, 2.45) is 28.6 Å². The molecule has 16 heavy (non-hydrogen) atoms. The summed E-state index contributed by atoms with van der Waals surface area (Å²) in [6, 6.07) is 0. The highest BCUT2D eigenvalue weighted by Crippen LogP contribution is 2.70. The molecule has 0 heterocycles. The van der Waals surface area contributed by atoms with Crippen molar-refractivity contribution in [2.75, 3.05) is 0 Å². The Morgan fingerprint density at radius 1 is 1.38 bits per heavy atom. The molecule has 90 valence electrons. The summed E-state index contributed by atoms with van der Waals surface area (Å²) in [5, 5.41) is 10.4. The van der Waals surface area contributed by atoms with Crippen LogP contribution in [-0.4, -0.2) is 17.0 Å². The lowest BCUT2D eigenvalue weighted by Crippen LogP contribution is -2.42. The zero-order valence-corrected chi connectivity index (χ0v) is 10.5. The third-order valence-corrected chi connectivity index (χ3v) is 5.86. The normalized spacial score (nSPS) is 54.1. The fourth-order valence-corrected chi connectivity index (χ4v) is 5.35. The molecule has 0 radical (unpaired) electrons. The molecule has 0 aromatic carbocycles. The van der Waals surface area contributed by atoms with Crippen LogP contribution < -0.4 is 0 Å². The van der Waals surface area contributed by atoms with E-state index in [1.165, 1.54) is 0 Å². The zero-order valence-electron chi connectivity index (χ0n) is 10.5. The average Bonchev–Trinajstić information content (AvgIpc) is 2.71. The maximum atomic E-state index is 12.3. The molecule has 0 aromatic rings. The molecule has 0 saturated heterocycles. The molecule has 0 amide bonds. The van der Waals surface area contributed by atoms with E-state index in [0.717, 1.165) is 19.3 Å². The van der Waals surface area contributed by atoms with Crippen LogP contribution >= 0.6 is 0 Å². The largest absolute Gasteiger partial charge is 0.392 e. The highest BCUT2D eigenvalue weighted by molar-refractivity contribution is 5.89. The number of carbonyl (C=O) groups is 1. The molecule has 1 spiro atoms. The van der Waals surface area contributed by atoms with E-state index in [4.69, 9.17) is 0 Å². The van der Waals surface area contributed by atoms with Crippen LogP contribution in [0, 0.1) is 28.6 Å². The van der Waals surface area contributed by atoms with Crippen molar-refractivity contribution < 1.29 is 9.90 Å². The molecule has 2 nitrogen and oxygen atoms in total. The quantitative estimate of drug-likeness (QED) is 0.683. The Morgan fingerprint density at radius 3 is 2.75 bits per heavy atom. The predicted octanol–water partition coefficient (Wildman–Crippen LogP) is 2.40. The number of rotatable bonds is 0. The van der Waals surface area contributed by atoms with Gasteiger partial charge in [0, 0.05) is 6.42 Å². The lowest BCUT2D eigenvalue weighted by molar-refractivity contribution is -0.134. The summed E-state index contributed by atoms with van der Waals surface area (Å²) in [5.41, 5.74) is -0.102. The summed E-state index contributed by atoms with van der Waals surface area (Å²) in [4.78, 5) is 12.3. The van der Waals surface area contributed by atoms with Gasteiger partial charge in [0.05, 0.1) is 11.5 Å². The van der Waals surface area contributed by atoms with Crippen LogP contribution in [0.15, 0.2) is 0 Å². The Balaban J connectivity index is 2.14. The zero-order chi connectivity index (χ0) is 11.7. The van der Waals surface area contributed by atoms with Crippen molar-refractivity contribution in [2.45, 2.75) is 52.6 Å². The molecule has 5 atom stereocenters. The van der Waals surface area contributed by atoms with Crippen molar-refractivity contribution >= 4 is 5.78 Å². The van der Waals surface area contributed by atoms with Gasteiger partial charge < -0.3 is 5.11 Å². The number of hydrogen-bond donors (Lipinski definition) is 1. The molecule has 3 saturated carbocycles. The highest BCUT2D eigenvalue weighted by Gasteiger charge is 2.71. The summed E-state index contributed by atoms with van der Waals surface area (Å²) in [6.45, 7) is 6.79. The van der Waals surface area contributed by atoms with Gasteiger partial charge in [-0.3, -0.25) is 4.79 Å². The van der Waals surface area contributed by atoms with Crippen LogP contribution in [0.3, 0.4) is 0 Å². The van der Waals surface area contributed by atoms with E-state index in [1.807, 2.05) is 0 Å². The molecule has 3 aliphatic carbocycles. The summed E-state index contributed by atoms with van der Waals surface area (Å²) in [6.07, 6.45) is 3.31. The number of Topliss-reactive ketones (excluding diaryl/α,β-unsaturated/α-hetero) is 1. The van der Waals surface area contributed by atoms with E-state index >= 15 is 0 Å². The maximum absolute atomic E-state index is 12.3. The van der Waals surface area contributed by atoms with Gasteiger partial charge in [0.25, 0.3) is 0 Å². The second-order valence-corrected chi connectivity index (χ2v) is 6.98. The third kappa shape index (κ3) is 0.958. The van der Waals surface area contributed by atoms with Crippen molar-refractivity contribution in [3.8, 4) is 0 Å². The van der Waals surface area contributed by atoms with Crippen LogP contribution in [-0.2, 0) is 4.79 Å². The van der Waals surface area contributed by atoms with Crippen molar-refractivity contribution in [1.29, 1.82) is 0 Å². The predicted molar refractivity (Wildman–Crippen MR) is 61.8 cm³/mol. The number of aliphatic hydroxyl groups excluding tert-OH is 1. The maximum Gasteiger partial charge on any atom is 0.142 e. The fraction of sp³-hybridized carbons (Fsp3) is 0.929. The lowest BCUT2D eigenvalue weighted by Gasteiger charge is -2.35. The molecule has 3 rings (SSSR count). The fourth-order valence-electron chi connectivity index (χ4n) is 5.35. The van der Waals surface area contributed by atoms with E-state index in [0.29, 0.717) is 30.0 Å². The number of ketones is 1. The highest BCUT2D eigenvalue weighted by atomic mass is 16.3.